The molecule has 0 bridgehead atoms. The van der Waals surface area contributed by atoms with Crippen LogP contribution >= 0.6 is 11.6 Å². The van der Waals surface area contributed by atoms with Crippen LogP contribution in [0.4, 0.5) is 0 Å². The second-order valence-corrected chi connectivity index (χ2v) is 11.5. The summed E-state index contributed by atoms with van der Waals surface area (Å²) in [5, 5.41) is 3.42. The molecular weight excluding hydrogens is 486 g/mol. The Hall–Kier alpha value is -3.14. The van der Waals surface area contributed by atoms with E-state index in [2.05, 4.69) is 20.3 Å². The van der Waals surface area contributed by atoms with Crippen molar-refractivity contribution in [1.29, 1.82) is 0 Å². The van der Waals surface area contributed by atoms with Crippen molar-refractivity contribution in [1.82, 2.24) is 24.8 Å². The van der Waals surface area contributed by atoms with Crippen molar-refractivity contribution in [2.24, 2.45) is 0 Å². The van der Waals surface area contributed by atoms with Gasteiger partial charge in [-0.2, -0.15) is 0 Å². The van der Waals surface area contributed by atoms with Gasteiger partial charge in [-0.1, -0.05) is 29.8 Å². The normalized spacial score (nSPS) is 17.5. The Morgan fingerprint density at radius 2 is 1.94 bits per heavy atom. The third-order valence-corrected chi connectivity index (χ3v) is 8.64. The summed E-state index contributed by atoms with van der Waals surface area (Å²) in [6.07, 6.45) is 1.64. The highest BCUT2D eigenvalue weighted by molar-refractivity contribution is 7.92. The third-order valence-electron chi connectivity index (χ3n) is 6.22. The van der Waals surface area contributed by atoms with Gasteiger partial charge in [-0.05, 0) is 38.1 Å². The first-order valence-electron chi connectivity index (χ1n) is 11.3. The number of hydrogen-bond donors (Lipinski definition) is 1. The molecule has 0 spiro atoms. The highest BCUT2D eigenvalue weighted by Gasteiger charge is 2.30. The van der Waals surface area contributed by atoms with Crippen molar-refractivity contribution in [3.63, 3.8) is 0 Å². The molecule has 0 radical (unpaired) electrons. The van der Waals surface area contributed by atoms with Gasteiger partial charge >= 0.3 is 0 Å². The van der Waals surface area contributed by atoms with E-state index < -0.39 is 15.1 Å². The largest absolute Gasteiger partial charge is 0.314 e. The number of nitrogens with zero attached hydrogens (tertiary/aromatic N) is 4. The maximum atomic E-state index is 13.7. The van der Waals surface area contributed by atoms with Crippen molar-refractivity contribution in [2.75, 3.05) is 18.8 Å². The van der Waals surface area contributed by atoms with Crippen molar-refractivity contribution in [3.05, 3.63) is 75.6 Å². The Balaban J connectivity index is 1.66. The van der Waals surface area contributed by atoms with E-state index in [9.17, 15) is 13.2 Å². The van der Waals surface area contributed by atoms with E-state index in [1.807, 2.05) is 31.2 Å². The van der Waals surface area contributed by atoms with Crippen molar-refractivity contribution >= 4 is 32.5 Å². The molecule has 180 valence electrons. The molecule has 4 heterocycles. The van der Waals surface area contributed by atoms with Gasteiger partial charge in [0.2, 0.25) is 0 Å². The number of aryl methyl sites for hydroxylation is 2. The number of rotatable bonds is 4. The van der Waals surface area contributed by atoms with Gasteiger partial charge in [0, 0.05) is 58.6 Å². The molecule has 1 unspecified atom stereocenters. The molecule has 0 saturated carbocycles. The Kier molecular flexibility index (Phi) is 6.16. The summed E-state index contributed by atoms with van der Waals surface area (Å²) in [4.78, 5) is 27.0. The van der Waals surface area contributed by atoms with Crippen molar-refractivity contribution < 1.29 is 8.42 Å². The van der Waals surface area contributed by atoms with Crippen LogP contribution < -0.4 is 10.9 Å². The zero-order valence-electron chi connectivity index (χ0n) is 19.3. The predicted molar refractivity (Wildman–Crippen MR) is 137 cm³/mol. The first-order chi connectivity index (χ1) is 16.7. The molecule has 4 aromatic rings. The van der Waals surface area contributed by atoms with E-state index in [-0.39, 0.29) is 24.4 Å². The monoisotopic (exact) mass is 509 g/mol. The molecule has 10 heteroatoms. The van der Waals surface area contributed by atoms with Crippen LogP contribution in [0.5, 0.6) is 0 Å². The molecule has 3 aromatic heterocycles. The smallest absolute Gasteiger partial charge is 0.260 e. The maximum Gasteiger partial charge on any atom is 0.260 e. The molecule has 0 aliphatic carbocycles. The average molecular weight is 510 g/mol. The maximum absolute atomic E-state index is 13.7. The fourth-order valence-corrected chi connectivity index (χ4v) is 6.15. The topological polar surface area (TPSA) is 107 Å². The third kappa shape index (κ3) is 4.59. The number of fused-ring (bicyclic) bond motifs is 1. The number of pyridine rings is 2. The average Bonchev–Trinajstić information content (AvgIpc) is 2.82. The molecule has 1 saturated heterocycles. The SMILES string of the molecule is Cc1cccc(-c2ccc(-c3cc4cnc(C)nc4n(CC4CNCCS4(=O)=O)c3=O)c(Cl)c2)n1. The summed E-state index contributed by atoms with van der Waals surface area (Å²) in [5.74, 6) is 0.536. The van der Waals surface area contributed by atoms with Crippen LogP contribution in [0.25, 0.3) is 33.4 Å². The minimum atomic E-state index is -3.34. The second kappa shape index (κ2) is 9.14. The van der Waals surface area contributed by atoms with E-state index in [0.717, 1.165) is 17.0 Å². The predicted octanol–water partition coefficient (Wildman–Crippen LogP) is 3.18. The lowest BCUT2D eigenvalue weighted by molar-refractivity contribution is 0.515. The summed E-state index contributed by atoms with van der Waals surface area (Å²) in [6.45, 7) is 4.34. The highest BCUT2D eigenvalue weighted by atomic mass is 35.5. The Bertz CT molecular complexity index is 1620. The summed E-state index contributed by atoms with van der Waals surface area (Å²) < 4.78 is 26.8. The zero-order valence-corrected chi connectivity index (χ0v) is 20.9. The number of hydrogen-bond acceptors (Lipinski definition) is 7. The van der Waals surface area contributed by atoms with Crippen LogP contribution in [-0.2, 0) is 16.4 Å². The molecule has 0 amide bonds. The summed E-state index contributed by atoms with van der Waals surface area (Å²) in [5.41, 5.74) is 3.48. The number of halogens is 1. The van der Waals surface area contributed by atoms with Crippen LogP contribution in [0, 0.1) is 13.8 Å². The van der Waals surface area contributed by atoms with Crippen LogP contribution in [0.15, 0.2) is 53.5 Å². The summed E-state index contributed by atoms with van der Waals surface area (Å²) in [6, 6.07) is 12.9. The minimum absolute atomic E-state index is 0.00211. The summed E-state index contributed by atoms with van der Waals surface area (Å²) in [7, 11) is -3.34. The van der Waals surface area contributed by atoms with Gasteiger partial charge in [0.15, 0.2) is 9.84 Å². The Morgan fingerprint density at radius 1 is 1.11 bits per heavy atom. The first-order valence-corrected chi connectivity index (χ1v) is 13.4. The molecule has 1 atom stereocenters. The van der Waals surface area contributed by atoms with E-state index in [1.165, 1.54) is 4.57 Å². The Morgan fingerprint density at radius 3 is 2.69 bits per heavy atom. The van der Waals surface area contributed by atoms with Gasteiger partial charge in [-0.3, -0.25) is 14.3 Å². The number of nitrogens with one attached hydrogen (secondary N) is 1. The van der Waals surface area contributed by atoms with Gasteiger partial charge in [-0.25, -0.2) is 18.4 Å². The van der Waals surface area contributed by atoms with Gasteiger partial charge in [0.25, 0.3) is 5.56 Å². The fraction of sp³-hybridized carbons (Fsp3) is 0.280. The summed E-state index contributed by atoms with van der Waals surface area (Å²) >= 11 is 6.68. The molecule has 1 N–H and O–H groups in total. The fourth-order valence-electron chi connectivity index (χ4n) is 4.36. The van der Waals surface area contributed by atoms with Gasteiger partial charge in [-0.15, -0.1) is 0 Å². The lowest BCUT2D eigenvalue weighted by Crippen LogP contribution is -2.47. The molecule has 1 aromatic carbocycles. The molecular formula is C25H24ClN5O3S. The van der Waals surface area contributed by atoms with Gasteiger partial charge < -0.3 is 5.32 Å². The Labute approximate surface area is 208 Å². The van der Waals surface area contributed by atoms with Crippen LogP contribution in [0.2, 0.25) is 5.02 Å². The molecule has 1 aliphatic rings. The van der Waals surface area contributed by atoms with E-state index >= 15 is 0 Å². The molecule has 8 nitrogen and oxygen atoms in total. The molecule has 1 fully saturated rings. The minimum Gasteiger partial charge on any atom is -0.314 e. The first kappa shape index (κ1) is 23.6. The number of benzene rings is 1. The van der Waals surface area contributed by atoms with Crippen molar-refractivity contribution in [2.45, 2.75) is 25.6 Å². The molecule has 35 heavy (non-hydrogen) atoms. The number of aromatic nitrogens is 4. The highest BCUT2D eigenvalue weighted by Crippen LogP contribution is 2.31. The van der Waals surface area contributed by atoms with E-state index in [4.69, 9.17) is 11.6 Å². The molecule has 5 rings (SSSR count). The quantitative estimate of drug-likeness (QED) is 0.450. The van der Waals surface area contributed by atoms with Gasteiger partial charge in [0.05, 0.1) is 16.7 Å². The lowest BCUT2D eigenvalue weighted by atomic mass is 10.0. The zero-order chi connectivity index (χ0) is 24.7. The van der Waals surface area contributed by atoms with Crippen LogP contribution in [0.1, 0.15) is 11.5 Å². The van der Waals surface area contributed by atoms with E-state index in [0.29, 0.717) is 39.6 Å². The van der Waals surface area contributed by atoms with Gasteiger partial charge in [0.1, 0.15) is 11.5 Å². The van der Waals surface area contributed by atoms with Crippen molar-refractivity contribution in [3.8, 4) is 22.4 Å². The van der Waals surface area contributed by atoms with E-state index in [1.54, 1.807) is 31.3 Å². The lowest BCUT2D eigenvalue weighted by Gasteiger charge is -2.24. The van der Waals surface area contributed by atoms with Crippen LogP contribution in [0.3, 0.4) is 0 Å². The van der Waals surface area contributed by atoms with Crippen LogP contribution in [-0.4, -0.2) is 52.0 Å². The second-order valence-electron chi connectivity index (χ2n) is 8.72. The molecule has 1 aliphatic heterocycles. The standard InChI is InChI=1S/C25H24ClN5O3S/c1-15-4-3-5-23(29-15)17-6-7-20(22(26)11-17)21-10-18-12-28-16(2)30-24(18)31(25(21)32)14-19-13-27-8-9-35(19,33)34/h3-7,10-12,19,27H,8-9,13-14H2,1-2H3. The number of sulfone groups is 1.